The van der Waals surface area contributed by atoms with Crippen molar-refractivity contribution in [3.8, 4) is 0 Å². The van der Waals surface area contributed by atoms with Gasteiger partial charge in [-0.15, -0.1) is 34.0 Å². The minimum absolute atomic E-state index is 0. The molecule has 0 spiro atoms. The topological polar surface area (TPSA) is 20.2 Å². The van der Waals surface area contributed by atoms with Crippen LogP contribution in [0.15, 0.2) is 0 Å². The predicted octanol–water partition coefficient (Wildman–Crippen LogP) is 1.15. The fourth-order valence-electron chi connectivity index (χ4n) is 0. The third-order valence-corrected chi connectivity index (χ3v) is 0. The Morgan fingerprint density at radius 3 is 1.33 bits per heavy atom. The molecular formula is C2H8Br2OTi. The standard InChI is InChI=1S/C2H6O.2BrH.Ti/c1-2-3;;;/h3H,2H2,1H3;2*1H;. The Kier molecular flexibility index (Phi) is 129. The van der Waals surface area contributed by atoms with Crippen molar-refractivity contribution in [3.63, 3.8) is 0 Å². The summed E-state index contributed by atoms with van der Waals surface area (Å²) < 4.78 is 0. The molecule has 0 saturated carbocycles. The second-order valence-electron chi connectivity index (χ2n) is 0.316. The van der Waals surface area contributed by atoms with Crippen molar-refractivity contribution in [2.75, 3.05) is 6.61 Å². The first-order valence-electron chi connectivity index (χ1n) is 1.02. The summed E-state index contributed by atoms with van der Waals surface area (Å²) in [6, 6.07) is 0. The molecule has 0 fully saturated rings. The molecule has 4 heteroatoms. The van der Waals surface area contributed by atoms with Crippen molar-refractivity contribution >= 4 is 34.0 Å². The van der Waals surface area contributed by atoms with E-state index in [-0.39, 0.29) is 62.3 Å². The molecule has 0 aromatic carbocycles. The van der Waals surface area contributed by atoms with Crippen molar-refractivity contribution in [1.29, 1.82) is 0 Å². The fraction of sp³-hybridized carbons (Fsp3) is 1.00. The molecule has 0 aromatic heterocycles. The van der Waals surface area contributed by atoms with Gasteiger partial charge < -0.3 is 5.11 Å². The van der Waals surface area contributed by atoms with Gasteiger partial charge in [0.05, 0.1) is 0 Å². The van der Waals surface area contributed by atoms with E-state index in [1.807, 2.05) is 0 Å². The smallest absolute Gasteiger partial charge is 0.0402 e. The van der Waals surface area contributed by atoms with Gasteiger partial charge in [0.25, 0.3) is 0 Å². The van der Waals surface area contributed by atoms with Crippen LogP contribution < -0.4 is 0 Å². The minimum atomic E-state index is 0. The molecule has 0 aliphatic carbocycles. The zero-order valence-electron chi connectivity index (χ0n) is 3.47. The van der Waals surface area contributed by atoms with Gasteiger partial charge in [-0.05, 0) is 6.92 Å². The molecule has 0 bridgehead atoms. The number of aliphatic hydroxyl groups is 1. The Morgan fingerprint density at radius 2 is 1.33 bits per heavy atom. The molecule has 0 amide bonds. The van der Waals surface area contributed by atoms with Gasteiger partial charge in [0.15, 0.2) is 0 Å². The summed E-state index contributed by atoms with van der Waals surface area (Å²) in [5, 5.41) is 7.57. The van der Waals surface area contributed by atoms with Crippen LogP contribution in [0.4, 0.5) is 0 Å². The quantitative estimate of drug-likeness (QED) is 0.644. The Morgan fingerprint density at radius 1 is 1.33 bits per heavy atom. The van der Waals surface area contributed by atoms with E-state index in [0.717, 1.165) is 0 Å². The van der Waals surface area contributed by atoms with Gasteiger partial charge in [0.2, 0.25) is 0 Å². The van der Waals surface area contributed by atoms with Crippen LogP contribution in [0.1, 0.15) is 6.92 Å². The number of aliphatic hydroxyl groups excluding tert-OH is 1. The van der Waals surface area contributed by atoms with Crippen LogP contribution in [-0.4, -0.2) is 11.7 Å². The third-order valence-electron chi connectivity index (χ3n) is 0. The molecule has 0 aliphatic heterocycles. The Balaban J connectivity index is -0.00000000667. The summed E-state index contributed by atoms with van der Waals surface area (Å²) in [5.41, 5.74) is 0. The van der Waals surface area contributed by atoms with Gasteiger partial charge in [0, 0.05) is 28.3 Å². The van der Waals surface area contributed by atoms with Crippen LogP contribution in [0.3, 0.4) is 0 Å². The third kappa shape index (κ3) is 45.3. The summed E-state index contributed by atoms with van der Waals surface area (Å²) in [7, 11) is 0. The van der Waals surface area contributed by atoms with E-state index in [0.29, 0.717) is 0 Å². The van der Waals surface area contributed by atoms with Crippen molar-refractivity contribution in [2.24, 2.45) is 0 Å². The first kappa shape index (κ1) is 25.4. The number of halogens is 2. The Bertz CT molecular complexity index is 11.5. The summed E-state index contributed by atoms with van der Waals surface area (Å²) in [4.78, 5) is 0. The van der Waals surface area contributed by atoms with Crippen LogP contribution in [0.25, 0.3) is 0 Å². The number of hydrogen-bond donors (Lipinski definition) is 1. The van der Waals surface area contributed by atoms with Crippen LogP contribution in [-0.2, 0) is 21.7 Å². The molecule has 1 nitrogen and oxygen atoms in total. The van der Waals surface area contributed by atoms with E-state index >= 15 is 0 Å². The molecule has 1 N–H and O–H groups in total. The zero-order chi connectivity index (χ0) is 2.71. The summed E-state index contributed by atoms with van der Waals surface area (Å²) >= 11 is 0. The van der Waals surface area contributed by atoms with Gasteiger partial charge in [-0.25, -0.2) is 0 Å². The molecular weight excluding hydrogens is 248 g/mol. The van der Waals surface area contributed by atoms with Gasteiger partial charge in [0.1, 0.15) is 0 Å². The molecule has 0 rings (SSSR count). The largest absolute Gasteiger partial charge is 0.397 e. The predicted molar refractivity (Wildman–Crippen MR) is 33.4 cm³/mol. The van der Waals surface area contributed by atoms with E-state index in [1.165, 1.54) is 0 Å². The summed E-state index contributed by atoms with van der Waals surface area (Å²) in [5.74, 6) is 0. The van der Waals surface area contributed by atoms with E-state index in [2.05, 4.69) is 0 Å². The molecule has 0 aliphatic rings. The second kappa shape index (κ2) is 30.3. The van der Waals surface area contributed by atoms with Crippen LogP contribution in [0.5, 0.6) is 0 Å². The van der Waals surface area contributed by atoms with Crippen LogP contribution >= 0.6 is 34.0 Å². The van der Waals surface area contributed by atoms with Gasteiger partial charge in [-0.2, -0.15) is 0 Å². The van der Waals surface area contributed by atoms with Crippen molar-refractivity contribution in [3.05, 3.63) is 0 Å². The average Bonchev–Trinajstić information content (AvgIpc) is 0.918. The fourth-order valence-corrected chi connectivity index (χ4v) is 0. The minimum Gasteiger partial charge on any atom is -0.397 e. The molecule has 40 valence electrons. The number of hydrogen-bond acceptors (Lipinski definition) is 1. The van der Waals surface area contributed by atoms with Crippen molar-refractivity contribution in [2.45, 2.75) is 6.92 Å². The molecule has 0 heterocycles. The molecule has 0 radical (unpaired) electrons. The van der Waals surface area contributed by atoms with Crippen LogP contribution in [0, 0.1) is 0 Å². The molecule has 0 atom stereocenters. The monoisotopic (exact) mass is 254 g/mol. The maximum absolute atomic E-state index is 7.57. The summed E-state index contributed by atoms with van der Waals surface area (Å²) in [6.45, 7) is 1.93. The normalized spacial score (nSPS) is 3.00. The van der Waals surface area contributed by atoms with E-state index < -0.39 is 0 Å². The SMILES string of the molecule is Br.Br.CCO.[Ti]. The first-order valence-corrected chi connectivity index (χ1v) is 1.02. The Hall–Kier alpha value is 1.63. The van der Waals surface area contributed by atoms with Gasteiger partial charge in [-0.3, -0.25) is 0 Å². The first-order chi connectivity index (χ1) is 1.41. The molecule has 0 unspecified atom stereocenters. The Labute approximate surface area is 73.9 Å². The maximum atomic E-state index is 7.57. The maximum Gasteiger partial charge on any atom is 0.0402 e. The summed E-state index contributed by atoms with van der Waals surface area (Å²) in [6.07, 6.45) is 0. The molecule has 0 aromatic rings. The van der Waals surface area contributed by atoms with Crippen molar-refractivity contribution in [1.82, 2.24) is 0 Å². The molecule has 0 saturated heterocycles. The van der Waals surface area contributed by atoms with Gasteiger partial charge in [-0.1, -0.05) is 0 Å². The van der Waals surface area contributed by atoms with E-state index in [9.17, 15) is 0 Å². The van der Waals surface area contributed by atoms with Gasteiger partial charge >= 0.3 is 0 Å². The molecule has 6 heavy (non-hydrogen) atoms. The van der Waals surface area contributed by atoms with E-state index in [4.69, 9.17) is 5.11 Å². The number of rotatable bonds is 0. The second-order valence-corrected chi connectivity index (χ2v) is 0.316. The zero-order valence-corrected chi connectivity index (χ0v) is 8.46. The van der Waals surface area contributed by atoms with Crippen LogP contribution in [0.2, 0.25) is 0 Å². The van der Waals surface area contributed by atoms with E-state index in [1.54, 1.807) is 6.92 Å². The average molecular weight is 256 g/mol. The van der Waals surface area contributed by atoms with Crippen molar-refractivity contribution < 1.29 is 26.8 Å².